The number of hydrogen-bond donors (Lipinski definition) is 1. The number of carbonyl (C=O) groups excluding carboxylic acids is 1. The molecule has 0 saturated carbocycles. The van der Waals surface area contributed by atoms with E-state index >= 15 is 0 Å². The van der Waals surface area contributed by atoms with E-state index in [1.54, 1.807) is 6.92 Å². The molecule has 2 unspecified atom stereocenters. The third-order valence-electron chi connectivity index (χ3n) is 5.32. The predicted octanol–water partition coefficient (Wildman–Crippen LogP) is 2.63. The van der Waals surface area contributed by atoms with Crippen molar-refractivity contribution in [2.24, 2.45) is 0 Å². The van der Waals surface area contributed by atoms with Crippen LogP contribution in [0, 0.1) is 6.92 Å². The van der Waals surface area contributed by atoms with Crippen molar-refractivity contribution in [3.05, 3.63) is 71.3 Å². The number of benzene rings is 2. The highest BCUT2D eigenvalue weighted by molar-refractivity contribution is 5.73. The maximum absolute atomic E-state index is 11.4. The number of ether oxygens (including phenoxy) is 1. The van der Waals surface area contributed by atoms with Crippen LogP contribution in [0.25, 0.3) is 0 Å². The molecule has 3 rings (SSSR count). The van der Waals surface area contributed by atoms with Gasteiger partial charge in [0.1, 0.15) is 6.10 Å². The fourth-order valence-electron chi connectivity index (χ4n) is 3.68. The number of nitrogens with zero attached hydrogens (tertiary/aromatic N) is 2. The molecule has 2 aromatic carbocycles. The van der Waals surface area contributed by atoms with Gasteiger partial charge < -0.3 is 14.7 Å². The molecular formula is C23H30N2O3. The van der Waals surface area contributed by atoms with Gasteiger partial charge in [0.05, 0.1) is 12.7 Å². The second-order valence-electron chi connectivity index (χ2n) is 7.44. The van der Waals surface area contributed by atoms with Gasteiger partial charge >= 0.3 is 0 Å². The van der Waals surface area contributed by atoms with Crippen molar-refractivity contribution in [1.82, 2.24) is 9.80 Å². The standard InChI is InChI=1S/C23H30N2O3/c1-18-8-6-7-11-22(18)23(20-9-4-3-5-10-20)28-17-21(27)16-24-12-14-25(15-13-24)19(2)26/h3-11,21,23,27H,12-17H2,1-2H3. The fraction of sp³-hybridized carbons (Fsp3) is 0.435. The van der Waals surface area contributed by atoms with Crippen LogP contribution >= 0.6 is 0 Å². The van der Waals surface area contributed by atoms with Gasteiger partial charge in [-0.05, 0) is 23.6 Å². The van der Waals surface area contributed by atoms with Crippen molar-refractivity contribution in [2.45, 2.75) is 26.1 Å². The van der Waals surface area contributed by atoms with Gasteiger partial charge in [-0.3, -0.25) is 9.69 Å². The Balaban J connectivity index is 1.59. The molecule has 1 aliphatic rings. The first-order chi connectivity index (χ1) is 13.5. The number of aryl methyl sites for hydroxylation is 1. The van der Waals surface area contributed by atoms with Crippen LogP contribution in [0.1, 0.15) is 29.7 Å². The number of rotatable bonds is 7. The summed E-state index contributed by atoms with van der Waals surface area (Å²) in [5, 5.41) is 10.5. The van der Waals surface area contributed by atoms with E-state index in [-0.39, 0.29) is 18.6 Å². The zero-order chi connectivity index (χ0) is 19.9. The average molecular weight is 383 g/mol. The van der Waals surface area contributed by atoms with Crippen LogP contribution in [0.2, 0.25) is 0 Å². The number of piperazine rings is 1. The summed E-state index contributed by atoms with van der Waals surface area (Å²) in [4.78, 5) is 15.5. The van der Waals surface area contributed by atoms with Gasteiger partial charge in [-0.25, -0.2) is 0 Å². The summed E-state index contributed by atoms with van der Waals surface area (Å²) in [6, 6.07) is 18.3. The number of amides is 1. The average Bonchev–Trinajstić information content (AvgIpc) is 2.70. The van der Waals surface area contributed by atoms with E-state index in [0.717, 1.165) is 37.3 Å². The molecular weight excluding hydrogens is 352 g/mol. The summed E-state index contributed by atoms with van der Waals surface area (Å²) in [6.45, 7) is 7.53. The number of aliphatic hydroxyl groups is 1. The molecule has 1 N–H and O–H groups in total. The van der Waals surface area contributed by atoms with Crippen LogP contribution in [-0.4, -0.2) is 66.2 Å². The maximum atomic E-state index is 11.4. The van der Waals surface area contributed by atoms with Gasteiger partial charge in [0.25, 0.3) is 0 Å². The van der Waals surface area contributed by atoms with Gasteiger partial charge in [-0.2, -0.15) is 0 Å². The quantitative estimate of drug-likeness (QED) is 0.800. The zero-order valence-electron chi connectivity index (χ0n) is 16.8. The van der Waals surface area contributed by atoms with Gasteiger partial charge in [-0.1, -0.05) is 54.6 Å². The largest absolute Gasteiger partial charge is 0.389 e. The second-order valence-corrected chi connectivity index (χ2v) is 7.44. The molecule has 1 aliphatic heterocycles. The molecule has 0 bridgehead atoms. The molecule has 2 atom stereocenters. The zero-order valence-corrected chi connectivity index (χ0v) is 16.8. The van der Waals surface area contributed by atoms with E-state index in [1.807, 2.05) is 35.2 Å². The molecule has 1 heterocycles. The van der Waals surface area contributed by atoms with E-state index in [2.05, 4.69) is 36.1 Å². The van der Waals surface area contributed by atoms with Gasteiger partial charge in [0, 0.05) is 39.6 Å². The number of β-amino-alcohol motifs (C(OH)–C–C–N with tert-alkyl or cyclic N) is 1. The second kappa shape index (κ2) is 9.82. The monoisotopic (exact) mass is 382 g/mol. The minimum Gasteiger partial charge on any atom is -0.389 e. The lowest BCUT2D eigenvalue weighted by molar-refractivity contribution is -0.130. The molecule has 0 radical (unpaired) electrons. The number of hydrogen-bond acceptors (Lipinski definition) is 4. The molecule has 1 amide bonds. The Hall–Kier alpha value is -2.21. The van der Waals surface area contributed by atoms with Crippen molar-refractivity contribution >= 4 is 5.91 Å². The van der Waals surface area contributed by atoms with E-state index in [4.69, 9.17) is 4.74 Å². The van der Waals surface area contributed by atoms with Crippen LogP contribution < -0.4 is 0 Å². The van der Waals surface area contributed by atoms with Crippen LogP contribution in [-0.2, 0) is 9.53 Å². The van der Waals surface area contributed by atoms with E-state index in [1.165, 1.54) is 5.56 Å². The lowest BCUT2D eigenvalue weighted by Crippen LogP contribution is -2.50. The van der Waals surface area contributed by atoms with Crippen molar-refractivity contribution in [3.63, 3.8) is 0 Å². The van der Waals surface area contributed by atoms with Gasteiger partial charge in [0.15, 0.2) is 0 Å². The van der Waals surface area contributed by atoms with E-state index < -0.39 is 6.10 Å². The first kappa shape index (κ1) is 20.5. The molecule has 28 heavy (non-hydrogen) atoms. The Bertz CT molecular complexity index is 757. The maximum Gasteiger partial charge on any atom is 0.219 e. The highest BCUT2D eigenvalue weighted by Crippen LogP contribution is 2.28. The molecule has 0 spiro atoms. The molecule has 0 aliphatic carbocycles. The SMILES string of the molecule is CC(=O)N1CCN(CC(O)COC(c2ccccc2)c2ccccc2C)CC1. The Kier molecular flexibility index (Phi) is 7.20. The number of carbonyl (C=O) groups is 1. The van der Waals surface area contributed by atoms with Crippen molar-refractivity contribution in [1.29, 1.82) is 0 Å². The van der Waals surface area contributed by atoms with Crippen LogP contribution in [0.3, 0.4) is 0 Å². The molecule has 1 fully saturated rings. The Morgan fingerprint density at radius 1 is 1.04 bits per heavy atom. The summed E-state index contributed by atoms with van der Waals surface area (Å²) in [5.41, 5.74) is 3.38. The molecule has 150 valence electrons. The summed E-state index contributed by atoms with van der Waals surface area (Å²) < 4.78 is 6.22. The predicted molar refractivity (Wildman–Crippen MR) is 110 cm³/mol. The smallest absolute Gasteiger partial charge is 0.219 e. The molecule has 2 aromatic rings. The number of aliphatic hydroxyl groups excluding tert-OH is 1. The van der Waals surface area contributed by atoms with Gasteiger partial charge in [0.2, 0.25) is 5.91 Å². The summed E-state index contributed by atoms with van der Waals surface area (Å²) in [5.74, 6) is 0.118. The first-order valence-corrected chi connectivity index (χ1v) is 9.92. The summed E-state index contributed by atoms with van der Waals surface area (Å²) in [7, 11) is 0. The highest BCUT2D eigenvalue weighted by Gasteiger charge is 2.22. The van der Waals surface area contributed by atoms with E-state index in [0.29, 0.717) is 6.54 Å². The Morgan fingerprint density at radius 2 is 1.68 bits per heavy atom. The van der Waals surface area contributed by atoms with Crippen molar-refractivity contribution in [3.8, 4) is 0 Å². The van der Waals surface area contributed by atoms with Gasteiger partial charge in [-0.15, -0.1) is 0 Å². The minimum absolute atomic E-state index is 0.118. The molecule has 5 nitrogen and oxygen atoms in total. The van der Waals surface area contributed by atoms with Crippen molar-refractivity contribution in [2.75, 3.05) is 39.3 Å². The van der Waals surface area contributed by atoms with E-state index in [9.17, 15) is 9.90 Å². The molecule has 1 saturated heterocycles. The van der Waals surface area contributed by atoms with Crippen molar-refractivity contribution < 1.29 is 14.6 Å². The fourth-order valence-corrected chi connectivity index (χ4v) is 3.68. The Labute approximate surface area is 167 Å². The lowest BCUT2D eigenvalue weighted by atomic mass is 9.97. The summed E-state index contributed by atoms with van der Waals surface area (Å²) >= 11 is 0. The topological polar surface area (TPSA) is 53.0 Å². The third kappa shape index (κ3) is 5.41. The molecule has 0 aromatic heterocycles. The molecule has 5 heteroatoms. The van der Waals surface area contributed by atoms with Crippen LogP contribution in [0.15, 0.2) is 54.6 Å². The highest BCUT2D eigenvalue weighted by atomic mass is 16.5. The lowest BCUT2D eigenvalue weighted by Gasteiger charge is -2.35. The van der Waals surface area contributed by atoms with Crippen LogP contribution in [0.4, 0.5) is 0 Å². The minimum atomic E-state index is -0.570. The van der Waals surface area contributed by atoms with Crippen LogP contribution in [0.5, 0.6) is 0 Å². The third-order valence-corrected chi connectivity index (χ3v) is 5.32. The first-order valence-electron chi connectivity index (χ1n) is 9.92. The Morgan fingerprint density at radius 3 is 2.32 bits per heavy atom. The summed E-state index contributed by atoms with van der Waals surface area (Å²) in [6.07, 6.45) is -0.772. The normalized spacial score (nSPS) is 17.3.